The van der Waals surface area contributed by atoms with Crippen molar-refractivity contribution in [3.05, 3.63) is 42.2 Å². The fourth-order valence-corrected chi connectivity index (χ4v) is 1.67. The van der Waals surface area contributed by atoms with Crippen LogP contribution < -0.4 is 15.8 Å². The summed E-state index contributed by atoms with van der Waals surface area (Å²) in [5.41, 5.74) is 7.68. The molecule has 5 heteroatoms. The van der Waals surface area contributed by atoms with Gasteiger partial charge in [-0.2, -0.15) is 0 Å². The third kappa shape index (κ3) is 3.66. The summed E-state index contributed by atoms with van der Waals surface area (Å²) < 4.78 is 5.53. The lowest BCUT2D eigenvalue weighted by atomic mass is 10.2. The molecule has 0 aliphatic carbocycles. The Kier molecular flexibility index (Phi) is 4.30. The maximum atomic E-state index is 5.70. The van der Waals surface area contributed by atoms with Crippen molar-refractivity contribution in [3.63, 3.8) is 0 Å². The molecule has 0 atom stereocenters. The van der Waals surface area contributed by atoms with Crippen LogP contribution in [0.3, 0.4) is 0 Å². The fourth-order valence-electron chi connectivity index (χ4n) is 1.67. The van der Waals surface area contributed by atoms with E-state index in [2.05, 4.69) is 15.3 Å². The van der Waals surface area contributed by atoms with Gasteiger partial charge in [-0.25, -0.2) is 9.97 Å². The van der Waals surface area contributed by atoms with E-state index in [0.717, 1.165) is 11.3 Å². The van der Waals surface area contributed by atoms with Crippen molar-refractivity contribution < 1.29 is 4.74 Å². The van der Waals surface area contributed by atoms with E-state index >= 15 is 0 Å². The van der Waals surface area contributed by atoms with Gasteiger partial charge in [0.05, 0.1) is 6.10 Å². The second-order valence-electron chi connectivity index (χ2n) is 4.39. The van der Waals surface area contributed by atoms with Crippen LogP contribution >= 0.6 is 0 Å². The molecule has 1 aromatic carbocycles. The highest BCUT2D eigenvalue weighted by Gasteiger charge is 2.04. The van der Waals surface area contributed by atoms with Crippen LogP contribution in [0.15, 0.2) is 36.7 Å². The minimum atomic E-state index is 0.0825. The maximum absolute atomic E-state index is 5.70. The van der Waals surface area contributed by atoms with Crippen LogP contribution in [0.5, 0.6) is 5.88 Å². The zero-order chi connectivity index (χ0) is 13.7. The Morgan fingerprint density at radius 3 is 2.79 bits per heavy atom. The third-order valence-electron chi connectivity index (χ3n) is 2.50. The van der Waals surface area contributed by atoms with E-state index in [4.69, 9.17) is 10.5 Å². The Bertz CT molecular complexity index is 542. The lowest BCUT2D eigenvalue weighted by Crippen LogP contribution is -2.08. The number of aromatic nitrogens is 2. The highest BCUT2D eigenvalue weighted by molar-refractivity contribution is 5.60. The number of nitrogens with two attached hydrogens (primary N) is 1. The van der Waals surface area contributed by atoms with Gasteiger partial charge in [0.2, 0.25) is 5.88 Å². The number of hydrogen-bond donors (Lipinski definition) is 2. The van der Waals surface area contributed by atoms with Crippen molar-refractivity contribution >= 4 is 11.5 Å². The molecule has 0 aliphatic heterocycles. The van der Waals surface area contributed by atoms with Crippen molar-refractivity contribution in [2.45, 2.75) is 26.5 Å². The Morgan fingerprint density at radius 2 is 2.05 bits per heavy atom. The average Bonchev–Trinajstić information content (AvgIpc) is 2.39. The van der Waals surface area contributed by atoms with Gasteiger partial charge in [0.15, 0.2) is 0 Å². The van der Waals surface area contributed by atoms with Crippen molar-refractivity contribution in [1.82, 2.24) is 9.97 Å². The van der Waals surface area contributed by atoms with E-state index in [0.29, 0.717) is 18.2 Å². The maximum Gasteiger partial charge on any atom is 0.218 e. The van der Waals surface area contributed by atoms with Gasteiger partial charge in [-0.1, -0.05) is 18.2 Å². The first-order valence-corrected chi connectivity index (χ1v) is 6.22. The summed E-state index contributed by atoms with van der Waals surface area (Å²) in [6, 6.07) is 9.63. The molecule has 19 heavy (non-hydrogen) atoms. The summed E-state index contributed by atoms with van der Waals surface area (Å²) in [5, 5.41) is 3.23. The number of para-hydroxylation sites is 1. The van der Waals surface area contributed by atoms with Gasteiger partial charge in [0.25, 0.3) is 0 Å². The van der Waals surface area contributed by atoms with Crippen LogP contribution in [0.4, 0.5) is 11.5 Å². The largest absolute Gasteiger partial charge is 0.475 e. The monoisotopic (exact) mass is 258 g/mol. The highest BCUT2D eigenvalue weighted by Crippen LogP contribution is 2.21. The molecule has 5 nitrogen and oxygen atoms in total. The summed E-state index contributed by atoms with van der Waals surface area (Å²) in [7, 11) is 0. The summed E-state index contributed by atoms with van der Waals surface area (Å²) in [4.78, 5) is 8.24. The Morgan fingerprint density at radius 1 is 1.26 bits per heavy atom. The number of nitrogens with zero attached hydrogens (tertiary/aromatic N) is 2. The second-order valence-corrected chi connectivity index (χ2v) is 4.39. The summed E-state index contributed by atoms with van der Waals surface area (Å²) in [5.74, 6) is 1.24. The Balaban J connectivity index is 2.18. The van der Waals surface area contributed by atoms with Crippen molar-refractivity contribution in [2.75, 3.05) is 5.32 Å². The molecule has 1 aromatic heterocycles. The second kappa shape index (κ2) is 6.15. The van der Waals surface area contributed by atoms with Gasteiger partial charge in [-0.05, 0) is 25.5 Å². The number of rotatable bonds is 5. The molecular formula is C14H18N4O. The van der Waals surface area contributed by atoms with Gasteiger partial charge in [-0.3, -0.25) is 0 Å². The van der Waals surface area contributed by atoms with Gasteiger partial charge in [0, 0.05) is 18.3 Å². The molecule has 2 rings (SSSR count). The van der Waals surface area contributed by atoms with Crippen LogP contribution in [0.2, 0.25) is 0 Å². The van der Waals surface area contributed by atoms with Crippen molar-refractivity contribution in [3.8, 4) is 5.88 Å². The van der Waals surface area contributed by atoms with E-state index in [1.165, 1.54) is 6.33 Å². The zero-order valence-corrected chi connectivity index (χ0v) is 11.1. The molecule has 0 radical (unpaired) electrons. The SMILES string of the molecule is CC(C)Oc1cc(Nc2ccccc2CN)ncn1. The minimum absolute atomic E-state index is 0.0825. The van der Waals surface area contributed by atoms with E-state index < -0.39 is 0 Å². The number of anilines is 2. The fraction of sp³-hybridized carbons (Fsp3) is 0.286. The molecule has 0 aliphatic rings. The topological polar surface area (TPSA) is 73.1 Å². The molecule has 1 heterocycles. The van der Waals surface area contributed by atoms with Crippen LogP contribution in [-0.2, 0) is 6.54 Å². The molecule has 2 aromatic rings. The number of ether oxygens (including phenoxy) is 1. The zero-order valence-electron chi connectivity index (χ0n) is 11.1. The molecule has 100 valence electrons. The third-order valence-corrected chi connectivity index (χ3v) is 2.50. The smallest absolute Gasteiger partial charge is 0.218 e. The van der Waals surface area contributed by atoms with E-state index in [1.807, 2.05) is 38.1 Å². The Hall–Kier alpha value is -2.14. The molecule has 0 amide bonds. The first kappa shape index (κ1) is 13.3. The van der Waals surface area contributed by atoms with Gasteiger partial charge in [0.1, 0.15) is 12.1 Å². The highest BCUT2D eigenvalue weighted by atomic mass is 16.5. The normalized spacial score (nSPS) is 10.5. The van der Waals surface area contributed by atoms with Gasteiger partial charge in [-0.15, -0.1) is 0 Å². The molecule has 0 spiro atoms. The predicted octanol–water partition coefficient (Wildman–Crippen LogP) is 2.47. The molecule has 0 fully saturated rings. The summed E-state index contributed by atoms with van der Waals surface area (Å²) in [6.45, 7) is 4.39. The number of benzene rings is 1. The lowest BCUT2D eigenvalue weighted by Gasteiger charge is -2.12. The van der Waals surface area contributed by atoms with E-state index in [9.17, 15) is 0 Å². The number of nitrogens with one attached hydrogen (secondary N) is 1. The van der Waals surface area contributed by atoms with Crippen LogP contribution in [-0.4, -0.2) is 16.1 Å². The standard InChI is InChI=1S/C14H18N4O/c1-10(2)19-14-7-13(16-9-17-14)18-12-6-4-3-5-11(12)8-15/h3-7,9-10H,8,15H2,1-2H3,(H,16,17,18). The molecule has 0 saturated carbocycles. The minimum Gasteiger partial charge on any atom is -0.475 e. The first-order chi connectivity index (χ1) is 9.19. The predicted molar refractivity (Wildman–Crippen MR) is 75.4 cm³/mol. The van der Waals surface area contributed by atoms with E-state index in [-0.39, 0.29) is 6.10 Å². The summed E-state index contributed by atoms with van der Waals surface area (Å²) >= 11 is 0. The summed E-state index contributed by atoms with van der Waals surface area (Å²) in [6.07, 6.45) is 1.56. The molecule has 0 saturated heterocycles. The molecule has 3 N–H and O–H groups in total. The van der Waals surface area contributed by atoms with Crippen LogP contribution in [0.25, 0.3) is 0 Å². The van der Waals surface area contributed by atoms with Gasteiger partial charge < -0.3 is 15.8 Å². The lowest BCUT2D eigenvalue weighted by molar-refractivity contribution is 0.232. The van der Waals surface area contributed by atoms with Crippen LogP contribution in [0, 0.1) is 0 Å². The quantitative estimate of drug-likeness (QED) is 0.861. The van der Waals surface area contributed by atoms with Crippen LogP contribution in [0.1, 0.15) is 19.4 Å². The van der Waals surface area contributed by atoms with Gasteiger partial charge >= 0.3 is 0 Å². The first-order valence-electron chi connectivity index (χ1n) is 6.22. The van der Waals surface area contributed by atoms with Crippen molar-refractivity contribution in [2.24, 2.45) is 5.73 Å². The van der Waals surface area contributed by atoms with E-state index in [1.54, 1.807) is 6.07 Å². The Labute approximate surface area is 112 Å². The average molecular weight is 258 g/mol. The molecule has 0 unspecified atom stereocenters. The molecule has 0 bridgehead atoms. The number of hydrogen-bond acceptors (Lipinski definition) is 5. The molecular weight excluding hydrogens is 240 g/mol. The van der Waals surface area contributed by atoms with Crippen molar-refractivity contribution in [1.29, 1.82) is 0 Å².